The van der Waals surface area contributed by atoms with Crippen molar-refractivity contribution in [1.82, 2.24) is 19.8 Å². The first kappa shape index (κ1) is 19.5. The number of piperidine rings is 1. The number of urea groups is 1. The predicted octanol–water partition coefficient (Wildman–Crippen LogP) is 1.26. The fourth-order valence-corrected chi connectivity index (χ4v) is 4.16. The van der Waals surface area contributed by atoms with Gasteiger partial charge in [0.1, 0.15) is 5.69 Å². The van der Waals surface area contributed by atoms with E-state index in [1.807, 2.05) is 11.8 Å². The molecule has 150 valence electrons. The zero-order valence-electron chi connectivity index (χ0n) is 16.4. The van der Waals surface area contributed by atoms with E-state index in [1.54, 1.807) is 17.7 Å². The summed E-state index contributed by atoms with van der Waals surface area (Å²) in [6.45, 7) is 5.91. The van der Waals surface area contributed by atoms with E-state index in [0.717, 1.165) is 32.2 Å². The fourth-order valence-electron chi connectivity index (χ4n) is 4.16. The molecule has 1 atom stereocenters. The molecule has 1 saturated heterocycles. The number of hydrogen-bond donors (Lipinski definition) is 2. The van der Waals surface area contributed by atoms with Gasteiger partial charge in [-0.25, -0.2) is 9.59 Å². The molecule has 2 amide bonds. The Labute approximate surface area is 159 Å². The van der Waals surface area contributed by atoms with E-state index < -0.39 is 0 Å². The van der Waals surface area contributed by atoms with Gasteiger partial charge in [0.15, 0.2) is 0 Å². The van der Waals surface area contributed by atoms with Crippen LogP contribution in [0.4, 0.5) is 10.5 Å². The average Bonchev–Trinajstić information content (AvgIpc) is 3.15. The first-order chi connectivity index (χ1) is 13.0. The minimum Gasteiger partial charge on any atom is -0.364 e. The zero-order chi connectivity index (χ0) is 19.4. The summed E-state index contributed by atoms with van der Waals surface area (Å²) in [5.74, 6) is 0. The molecule has 2 N–H and O–H groups in total. The van der Waals surface area contributed by atoms with E-state index in [9.17, 15) is 14.4 Å². The van der Waals surface area contributed by atoms with Crippen LogP contribution in [0.25, 0.3) is 0 Å². The molecular formula is C19H31N5O3. The molecule has 1 saturated carbocycles. The number of rotatable bonds is 5. The van der Waals surface area contributed by atoms with Crippen molar-refractivity contribution < 1.29 is 4.79 Å². The third-order valence-corrected chi connectivity index (χ3v) is 5.66. The normalized spacial score (nSPS) is 20.7. The molecule has 0 radical (unpaired) electrons. The average molecular weight is 377 g/mol. The number of amides is 2. The highest BCUT2D eigenvalue weighted by atomic mass is 16.2. The fraction of sp³-hybridized carbons (Fsp3) is 0.737. The summed E-state index contributed by atoms with van der Waals surface area (Å²) in [7, 11) is 0. The van der Waals surface area contributed by atoms with Crippen LogP contribution in [-0.2, 0) is 13.1 Å². The van der Waals surface area contributed by atoms with E-state index in [2.05, 4.69) is 10.6 Å². The van der Waals surface area contributed by atoms with Gasteiger partial charge in [-0.05, 0) is 39.5 Å². The largest absolute Gasteiger partial charge is 0.364 e. The molecule has 1 aromatic heterocycles. The molecule has 0 bridgehead atoms. The molecule has 0 aromatic carbocycles. The van der Waals surface area contributed by atoms with Gasteiger partial charge >= 0.3 is 11.7 Å². The smallest absolute Gasteiger partial charge is 0.331 e. The Morgan fingerprint density at radius 2 is 1.70 bits per heavy atom. The number of aromatic nitrogens is 2. The van der Waals surface area contributed by atoms with Crippen molar-refractivity contribution in [2.75, 3.05) is 18.0 Å². The van der Waals surface area contributed by atoms with Gasteiger partial charge in [-0.3, -0.25) is 13.9 Å². The topological polar surface area (TPSA) is 88.4 Å². The lowest BCUT2D eigenvalue weighted by atomic mass is 10.1. The van der Waals surface area contributed by atoms with Gasteiger partial charge in [-0.15, -0.1) is 0 Å². The number of carbonyl (C=O) groups excluding carboxylic acids is 1. The highest BCUT2D eigenvalue weighted by Gasteiger charge is 2.25. The van der Waals surface area contributed by atoms with Crippen LogP contribution >= 0.6 is 0 Å². The van der Waals surface area contributed by atoms with Crippen molar-refractivity contribution in [3.63, 3.8) is 0 Å². The van der Waals surface area contributed by atoms with Crippen LogP contribution in [0.15, 0.2) is 15.8 Å². The van der Waals surface area contributed by atoms with Crippen LogP contribution in [0.5, 0.6) is 0 Å². The van der Waals surface area contributed by atoms with Crippen molar-refractivity contribution >= 4 is 11.7 Å². The molecule has 1 aliphatic heterocycles. The van der Waals surface area contributed by atoms with Gasteiger partial charge in [0.2, 0.25) is 0 Å². The number of aryl methyl sites for hydroxylation is 1. The van der Waals surface area contributed by atoms with Crippen molar-refractivity contribution in [3.05, 3.63) is 27.0 Å². The minimum absolute atomic E-state index is 0.00312. The maximum atomic E-state index is 12.8. The zero-order valence-corrected chi connectivity index (χ0v) is 16.4. The van der Waals surface area contributed by atoms with Gasteiger partial charge in [0, 0.05) is 44.5 Å². The minimum atomic E-state index is -0.267. The molecule has 2 aliphatic rings. The lowest BCUT2D eigenvalue weighted by Crippen LogP contribution is -2.53. The summed E-state index contributed by atoms with van der Waals surface area (Å²) in [5.41, 5.74) is 0.0284. The molecular weight excluding hydrogens is 346 g/mol. The van der Waals surface area contributed by atoms with Crippen LogP contribution in [-0.4, -0.2) is 40.3 Å². The molecule has 2 fully saturated rings. The van der Waals surface area contributed by atoms with Gasteiger partial charge in [0.05, 0.1) is 0 Å². The van der Waals surface area contributed by atoms with E-state index in [4.69, 9.17) is 0 Å². The third kappa shape index (κ3) is 4.36. The van der Waals surface area contributed by atoms with E-state index >= 15 is 0 Å². The molecule has 3 rings (SSSR count). The van der Waals surface area contributed by atoms with Crippen molar-refractivity contribution in [3.8, 4) is 0 Å². The van der Waals surface area contributed by atoms with Crippen LogP contribution in [0.2, 0.25) is 0 Å². The van der Waals surface area contributed by atoms with Crippen LogP contribution in [0.1, 0.15) is 52.4 Å². The molecule has 1 unspecified atom stereocenters. The number of anilines is 1. The Hall–Kier alpha value is -2.25. The van der Waals surface area contributed by atoms with Crippen LogP contribution < -0.4 is 26.8 Å². The second-order valence-electron chi connectivity index (χ2n) is 7.52. The second kappa shape index (κ2) is 8.63. The molecule has 8 nitrogen and oxygen atoms in total. The highest BCUT2D eigenvalue weighted by molar-refractivity contribution is 5.74. The summed E-state index contributed by atoms with van der Waals surface area (Å²) in [6.07, 6.45) is 7.92. The summed E-state index contributed by atoms with van der Waals surface area (Å²) in [4.78, 5) is 39.3. The van der Waals surface area contributed by atoms with Crippen LogP contribution in [0.3, 0.4) is 0 Å². The lowest BCUT2D eigenvalue weighted by molar-refractivity contribution is 0.231. The Balaban J connectivity index is 1.71. The van der Waals surface area contributed by atoms with Gasteiger partial charge in [-0.1, -0.05) is 12.8 Å². The Morgan fingerprint density at radius 3 is 2.37 bits per heavy atom. The summed E-state index contributed by atoms with van der Waals surface area (Å²) >= 11 is 0. The van der Waals surface area contributed by atoms with Gasteiger partial charge in [-0.2, -0.15) is 0 Å². The SMILES string of the molecule is CCn1cc(N2CCCC(NC(=O)NC3CCCC3)C2)c(=O)n(CC)c1=O. The molecule has 27 heavy (non-hydrogen) atoms. The second-order valence-corrected chi connectivity index (χ2v) is 7.52. The first-order valence-corrected chi connectivity index (χ1v) is 10.2. The van der Waals surface area contributed by atoms with E-state index in [0.29, 0.717) is 25.3 Å². The predicted molar refractivity (Wildman–Crippen MR) is 105 cm³/mol. The quantitative estimate of drug-likeness (QED) is 0.809. The molecule has 1 aromatic rings. The molecule has 0 spiro atoms. The molecule has 2 heterocycles. The lowest BCUT2D eigenvalue weighted by Gasteiger charge is -2.34. The maximum Gasteiger partial charge on any atom is 0.331 e. The summed E-state index contributed by atoms with van der Waals surface area (Å²) in [6, 6.07) is 0.171. The molecule has 8 heteroatoms. The monoisotopic (exact) mass is 377 g/mol. The summed E-state index contributed by atoms with van der Waals surface area (Å²) < 4.78 is 2.85. The maximum absolute atomic E-state index is 12.8. The Morgan fingerprint density at radius 1 is 1.04 bits per heavy atom. The number of nitrogens with zero attached hydrogens (tertiary/aromatic N) is 3. The highest BCUT2D eigenvalue weighted by Crippen LogP contribution is 2.18. The summed E-state index contributed by atoms with van der Waals surface area (Å²) in [5, 5.41) is 6.12. The van der Waals surface area contributed by atoms with E-state index in [-0.39, 0.29) is 29.4 Å². The standard InChI is InChI=1S/C19H31N5O3/c1-3-22-13-16(17(25)24(4-2)19(22)27)23-11-7-10-15(12-23)21-18(26)20-14-8-5-6-9-14/h13-15H,3-12H2,1-2H3,(H2,20,21,26). The number of hydrogen-bond acceptors (Lipinski definition) is 4. The van der Waals surface area contributed by atoms with Gasteiger partial charge < -0.3 is 15.5 Å². The van der Waals surface area contributed by atoms with E-state index in [1.165, 1.54) is 17.4 Å². The van der Waals surface area contributed by atoms with Crippen molar-refractivity contribution in [2.24, 2.45) is 0 Å². The molecule has 1 aliphatic carbocycles. The van der Waals surface area contributed by atoms with Crippen LogP contribution in [0, 0.1) is 0 Å². The first-order valence-electron chi connectivity index (χ1n) is 10.2. The number of carbonyl (C=O) groups is 1. The van der Waals surface area contributed by atoms with Gasteiger partial charge in [0.25, 0.3) is 5.56 Å². The third-order valence-electron chi connectivity index (χ3n) is 5.66. The Bertz CT molecular complexity index is 779. The van der Waals surface area contributed by atoms with Crippen molar-refractivity contribution in [2.45, 2.75) is 77.5 Å². The Kier molecular flexibility index (Phi) is 6.23. The number of nitrogens with one attached hydrogen (secondary N) is 2. The van der Waals surface area contributed by atoms with Crippen molar-refractivity contribution in [1.29, 1.82) is 0 Å².